The van der Waals surface area contributed by atoms with Gasteiger partial charge in [0.05, 0.1) is 11.4 Å². The fraction of sp³-hybridized carbons (Fsp3) is 0.571. The largest absolute Gasteiger partial charge is 0.397 e. The summed E-state index contributed by atoms with van der Waals surface area (Å²) >= 11 is 0. The highest BCUT2D eigenvalue weighted by molar-refractivity contribution is 5.69. The molecule has 1 fully saturated rings. The molecule has 0 aliphatic heterocycles. The van der Waals surface area contributed by atoms with Crippen molar-refractivity contribution in [2.75, 3.05) is 11.1 Å². The first-order valence-electron chi connectivity index (χ1n) is 6.39. The van der Waals surface area contributed by atoms with E-state index in [1.165, 1.54) is 44.1 Å². The zero-order valence-corrected chi connectivity index (χ0v) is 10.1. The van der Waals surface area contributed by atoms with Crippen LogP contribution in [0.2, 0.25) is 0 Å². The summed E-state index contributed by atoms with van der Waals surface area (Å²) in [6.45, 7) is 2.06. The normalized spacial score (nSPS) is 18.1. The molecule has 0 unspecified atom stereocenters. The molecule has 2 rings (SSSR count). The van der Waals surface area contributed by atoms with Crippen LogP contribution in [0.4, 0.5) is 11.4 Å². The van der Waals surface area contributed by atoms with Crippen LogP contribution in [0.25, 0.3) is 0 Å². The SMILES string of the molecule is Cc1cccc(NC2CCCCCC2)c1N. The molecule has 0 heterocycles. The van der Waals surface area contributed by atoms with Gasteiger partial charge >= 0.3 is 0 Å². The van der Waals surface area contributed by atoms with E-state index in [0.717, 1.165) is 11.4 Å². The number of nitrogen functional groups attached to an aromatic ring is 1. The minimum Gasteiger partial charge on any atom is -0.397 e. The van der Waals surface area contributed by atoms with E-state index in [-0.39, 0.29) is 0 Å². The lowest BCUT2D eigenvalue weighted by molar-refractivity contribution is 0.620. The third kappa shape index (κ3) is 2.69. The topological polar surface area (TPSA) is 38.0 Å². The molecule has 0 aromatic heterocycles. The summed E-state index contributed by atoms with van der Waals surface area (Å²) in [7, 11) is 0. The van der Waals surface area contributed by atoms with Crippen molar-refractivity contribution in [2.45, 2.75) is 51.5 Å². The summed E-state index contributed by atoms with van der Waals surface area (Å²) in [5.41, 5.74) is 9.27. The second-order valence-corrected chi connectivity index (χ2v) is 4.87. The number of rotatable bonds is 2. The third-order valence-corrected chi connectivity index (χ3v) is 3.54. The van der Waals surface area contributed by atoms with E-state index in [9.17, 15) is 0 Å². The molecule has 0 radical (unpaired) electrons. The van der Waals surface area contributed by atoms with Gasteiger partial charge in [-0.2, -0.15) is 0 Å². The molecule has 1 aromatic carbocycles. The van der Waals surface area contributed by atoms with Gasteiger partial charge in [-0.3, -0.25) is 0 Å². The number of hydrogen-bond donors (Lipinski definition) is 2. The maximum absolute atomic E-state index is 6.08. The predicted molar refractivity (Wildman–Crippen MR) is 70.7 cm³/mol. The fourth-order valence-electron chi connectivity index (χ4n) is 2.45. The van der Waals surface area contributed by atoms with Crippen LogP contribution in [-0.4, -0.2) is 6.04 Å². The van der Waals surface area contributed by atoms with E-state index in [1.807, 2.05) is 0 Å². The molecule has 16 heavy (non-hydrogen) atoms. The van der Waals surface area contributed by atoms with Crippen LogP contribution in [0.1, 0.15) is 44.1 Å². The Labute approximate surface area is 98.2 Å². The number of nitrogens with one attached hydrogen (secondary N) is 1. The molecule has 1 aliphatic rings. The Kier molecular flexibility index (Phi) is 3.70. The van der Waals surface area contributed by atoms with Gasteiger partial charge in [0.25, 0.3) is 0 Å². The summed E-state index contributed by atoms with van der Waals surface area (Å²) < 4.78 is 0. The zero-order valence-electron chi connectivity index (χ0n) is 10.1. The molecular weight excluding hydrogens is 196 g/mol. The molecule has 2 nitrogen and oxygen atoms in total. The van der Waals surface area contributed by atoms with E-state index in [4.69, 9.17) is 5.73 Å². The van der Waals surface area contributed by atoms with Crippen LogP contribution < -0.4 is 11.1 Å². The van der Waals surface area contributed by atoms with Crippen molar-refractivity contribution in [3.8, 4) is 0 Å². The van der Waals surface area contributed by atoms with Gasteiger partial charge in [-0.05, 0) is 31.4 Å². The van der Waals surface area contributed by atoms with Crippen LogP contribution in [0.5, 0.6) is 0 Å². The molecule has 0 bridgehead atoms. The zero-order chi connectivity index (χ0) is 11.4. The molecule has 1 saturated carbocycles. The van der Waals surface area contributed by atoms with Crippen molar-refractivity contribution in [1.29, 1.82) is 0 Å². The summed E-state index contributed by atoms with van der Waals surface area (Å²) in [4.78, 5) is 0. The van der Waals surface area contributed by atoms with Crippen LogP contribution in [0, 0.1) is 6.92 Å². The van der Waals surface area contributed by atoms with Gasteiger partial charge < -0.3 is 11.1 Å². The molecule has 1 aliphatic carbocycles. The first-order chi connectivity index (χ1) is 7.77. The molecule has 88 valence electrons. The van der Waals surface area contributed by atoms with Crippen molar-refractivity contribution in [3.63, 3.8) is 0 Å². The first kappa shape index (κ1) is 11.3. The Morgan fingerprint density at radius 3 is 2.50 bits per heavy atom. The average molecular weight is 218 g/mol. The summed E-state index contributed by atoms with van der Waals surface area (Å²) in [6, 6.07) is 6.84. The van der Waals surface area contributed by atoms with Crippen molar-refractivity contribution in [2.24, 2.45) is 0 Å². The van der Waals surface area contributed by atoms with E-state index >= 15 is 0 Å². The number of aryl methyl sites for hydroxylation is 1. The number of nitrogens with two attached hydrogens (primary N) is 1. The Hall–Kier alpha value is -1.18. The van der Waals surface area contributed by atoms with Gasteiger partial charge in [-0.15, -0.1) is 0 Å². The maximum Gasteiger partial charge on any atom is 0.0579 e. The second-order valence-electron chi connectivity index (χ2n) is 4.87. The van der Waals surface area contributed by atoms with Gasteiger partial charge in [0.2, 0.25) is 0 Å². The molecule has 0 spiro atoms. The number of anilines is 2. The Balaban J connectivity index is 2.04. The molecule has 3 N–H and O–H groups in total. The highest BCUT2D eigenvalue weighted by Crippen LogP contribution is 2.26. The monoisotopic (exact) mass is 218 g/mol. The van der Waals surface area contributed by atoms with Crippen molar-refractivity contribution >= 4 is 11.4 Å². The molecule has 1 aromatic rings. The van der Waals surface area contributed by atoms with Gasteiger partial charge in [0.15, 0.2) is 0 Å². The lowest BCUT2D eigenvalue weighted by Gasteiger charge is -2.19. The van der Waals surface area contributed by atoms with Gasteiger partial charge in [-0.1, -0.05) is 37.8 Å². The van der Waals surface area contributed by atoms with Gasteiger partial charge in [0.1, 0.15) is 0 Å². The van der Waals surface area contributed by atoms with Crippen LogP contribution >= 0.6 is 0 Å². The van der Waals surface area contributed by atoms with E-state index in [1.54, 1.807) is 0 Å². The quantitative estimate of drug-likeness (QED) is 0.586. The molecule has 2 heteroatoms. The van der Waals surface area contributed by atoms with Crippen molar-refractivity contribution in [3.05, 3.63) is 23.8 Å². The lowest BCUT2D eigenvalue weighted by atomic mass is 10.1. The Bertz CT molecular complexity index is 339. The van der Waals surface area contributed by atoms with Crippen LogP contribution in [-0.2, 0) is 0 Å². The van der Waals surface area contributed by atoms with Crippen LogP contribution in [0.3, 0.4) is 0 Å². The number of benzene rings is 1. The average Bonchev–Trinajstić information content (AvgIpc) is 2.53. The summed E-state index contributed by atoms with van der Waals surface area (Å²) in [5, 5.41) is 3.60. The maximum atomic E-state index is 6.08. The first-order valence-corrected chi connectivity index (χ1v) is 6.39. The standard InChI is InChI=1S/C14H22N2/c1-11-7-6-10-13(14(11)15)16-12-8-4-2-3-5-9-12/h6-7,10,12,16H,2-5,8-9,15H2,1H3. The van der Waals surface area contributed by atoms with E-state index in [2.05, 4.69) is 30.4 Å². The fourth-order valence-corrected chi connectivity index (χ4v) is 2.45. The summed E-state index contributed by atoms with van der Waals surface area (Å²) in [5.74, 6) is 0. The van der Waals surface area contributed by atoms with Crippen molar-refractivity contribution < 1.29 is 0 Å². The smallest absolute Gasteiger partial charge is 0.0579 e. The van der Waals surface area contributed by atoms with Crippen LogP contribution in [0.15, 0.2) is 18.2 Å². The molecular formula is C14H22N2. The molecule has 0 saturated heterocycles. The van der Waals surface area contributed by atoms with Gasteiger partial charge in [0, 0.05) is 6.04 Å². The predicted octanol–water partition coefficient (Wildman–Crippen LogP) is 3.71. The lowest BCUT2D eigenvalue weighted by Crippen LogP contribution is -2.19. The minimum atomic E-state index is 0.617. The van der Waals surface area contributed by atoms with Crippen molar-refractivity contribution in [1.82, 2.24) is 0 Å². The third-order valence-electron chi connectivity index (χ3n) is 3.54. The van der Waals surface area contributed by atoms with Gasteiger partial charge in [-0.25, -0.2) is 0 Å². The second kappa shape index (κ2) is 5.24. The molecule has 0 amide bonds. The Morgan fingerprint density at radius 1 is 1.12 bits per heavy atom. The number of hydrogen-bond acceptors (Lipinski definition) is 2. The van der Waals surface area contributed by atoms with E-state index in [0.29, 0.717) is 6.04 Å². The minimum absolute atomic E-state index is 0.617. The summed E-state index contributed by atoms with van der Waals surface area (Å²) in [6.07, 6.45) is 8.05. The van der Waals surface area contributed by atoms with E-state index < -0.39 is 0 Å². The number of para-hydroxylation sites is 1. The Morgan fingerprint density at radius 2 is 1.81 bits per heavy atom. The molecule has 0 atom stereocenters. The highest BCUT2D eigenvalue weighted by Gasteiger charge is 2.13. The highest BCUT2D eigenvalue weighted by atomic mass is 14.9.